The summed E-state index contributed by atoms with van der Waals surface area (Å²) in [6.07, 6.45) is 3.57. The molecule has 8 heteroatoms. The molecule has 0 amide bonds. The summed E-state index contributed by atoms with van der Waals surface area (Å²) in [4.78, 5) is 12.0. The number of ether oxygens (including phenoxy) is 1. The lowest BCUT2D eigenvalue weighted by Crippen LogP contribution is -2.44. The van der Waals surface area contributed by atoms with Crippen molar-refractivity contribution in [2.24, 2.45) is 0 Å². The Hall–Kier alpha value is -3.26. The third kappa shape index (κ3) is 3.13. The van der Waals surface area contributed by atoms with Crippen LogP contribution in [0.15, 0.2) is 36.7 Å². The number of pyridine rings is 2. The molecule has 1 N–H and O–H groups in total. The number of fused-ring (bicyclic) bond motifs is 1. The molecule has 0 aromatic carbocycles. The van der Waals surface area contributed by atoms with Gasteiger partial charge in [-0.15, -0.1) is 0 Å². The molecule has 1 aliphatic rings. The Bertz CT molecular complexity index is 1180. The number of nitrogens with zero attached hydrogens (tertiary/aromatic N) is 6. The molecule has 5 heterocycles. The van der Waals surface area contributed by atoms with Crippen LogP contribution in [0.4, 0.5) is 5.82 Å². The summed E-state index contributed by atoms with van der Waals surface area (Å²) < 4.78 is 7.70. The van der Waals surface area contributed by atoms with Crippen molar-refractivity contribution >= 4 is 16.7 Å². The van der Waals surface area contributed by atoms with Crippen LogP contribution < -0.4 is 4.90 Å². The average molecular weight is 403 g/mol. The first-order valence-electron chi connectivity index (χ1n) is 10.3. The van der Waals surface area contributed by atoms with Gasteiger partial charge in [-0.3, -0.25) is 14.8 Å². The zero-order chi connectivity index (χ0) is 20.7. The van der Waals surface area contributed by atoms with Gasteiger partial charge in [-0.2, -0.15) is 10.2 Å². The van der Waals surface area contributed by atoms with E-state index in [1.807, 2.05) is 29.9 Å². The van der Waals surface area contributed by atoms with Crippen molar-refractivity contribution in [1.82, 2.24) is 29.9 Å². The van der Waals surface area contributed by atoms with Crippen LogP contribution in [0.2, 0.25) is 0 Å². The van der Waals surface area contributed by atoms with Crippen LogP contribution in [0.1, 0.15) is 19.5 Å². The highest BCUT2D eigenvalue weighted by Gasteiger charge is 2.24. The molecule has 0 bridgehead atoms. The monoisotopic (exact) mass is 403 g/mol. The second kappa shape index (κ2) is 7.53. The minimum Gasteiger partial charge on any atom is -0.377 e. The highest BCUT2D eigenvalue weighted by Crippen LogP contribution is 2.35. The van der Waals surface area contributed by atoms with E-state index in [9.17, 15) is 0 Å². The molecular weight excluding hydrogens is 378 g/mol. The summed E-state index contributed by atoms with van der Waals surface area (Å²) in [5.74, 6) is 0.934. The lowest BCUT2D eigenvalue weighted by atomic mass is 10.0. The van der Waals surface area contributed by atoms with Crippen molar-refractivity contribution in [3.63, 3.8) is 0 Å². The lowest BCUT2D eigenvalue weighted by molar-refractivity contribution is 0.0986. The Morgan fingerprint density at radius 3 is 2.90 bits per heavy atom. The summed E-state index contributed by atoms with van der Waals surface area (Å²) in [6.45, 7) is 9.32. The van der Waals surface area contributed by atoms with Crippen LogP contribution >= 0.6 is 0 Å². The summed E-state index contributed by atoms with van der Waals surface area (Å²) >= 11 is 0. The van der Waals surface area contributed by atoms with Gasteiger partial charge in [0.2, 0.25) is 0 Å². The minimum absolute atomic E-state index is 0.252. The zero-order valence-electron chi connectivity index (χ0n) is 17.5. The van der Waals surface area contributed by atoms with Crippen LogP contribution in [0.25, 0.3) is 33.5 Å². The van der Waals surface area contributed by atoms with Gasteiger partial charge in [-0.25, -0.2) is 4.98 Å². The number of anilines is 1. The Morgan fingerprint density at radius 1 is 1.23 bits per heavy atom. The molecule has 1 saturated heterocycles. The van der Waals surface area contributed by atoms with Crippen molar-refractivity contribution in [2.75, 3.05) is 24.7 Å². The van der Waals surface area contributed by atoms with E-state index in [1.54, 1.807) is 6.20 Å². The van der Waals surface area contributed by atoms with Gasteiger partial charge in [-0.05, 0) is 45.0 Å². The predicted molar refractivity (Wildman–Crippen MR) is 116 cm³/mol. The number of nitrogens with one attached hydrogen (secondary N) is 1. The van der Waals surface area contributed by atoms with Gasteiger partial charge in [0.05, 0.1) is 36.3 Å². The molecule has 8 nitrogen and oxygen atoms in total. The molecular formula is C22H25N7O. The number of H-pyrrole nitrogens is 1. The highest BCUT2D eigenvalue weighted by atomic mass is 16.5. The Kier molecular flexibility index (Phi) is 4.71. The molecule has 4 aromatic rings. The first kappa shape index (κ1) is 18.7. The zero-order valence-corrected chi connectivity index (χ0v) is 17.5. The smallest absolute Gasteiger partial charge is 0.130 e. The minimum atomic E-state index is 0.252. The van der Waals surface area contributed by atoms with Gasteiger partial charge in [-0.1, -0.05) is 0 Å². The average Bonchev–Trinajstić information content (AvgIpc) is 3.42. The Morgan fingerprint density at radius 2 is 2.13 bits per heavy atom. The molecule has 0 aliphatic carbocycles. The number of aromatic nitrogens is 6. The van der Waals surface area contributed by atoms with Gasteiger partial charge < -0.3 is 9.64 Å². The van der Waals surface area contributed by atoms with Crippen LogP contribution in [-0.2, 0) is 11.3 Å². The van der Waals surface area contributed by atoms with E-state index in [0.29, 0.717) is 13.2 Å². The number of rotatable bonds is 4. The molecule has 1 fully saturated rings. The van der Waals surface area contributed by atoms with Gasteiger partial charge >= 0.3 is 0 Å². The first-order chi connectivity index (χ1) is 14.7. The Labute approximate surface area is 174 Å². The molecule has 0 saturated carbocycles. The maximum atomic E-state index is 5.65. The number of aryl methyl sites for hydroxylation is 2. The van der Waals surface area contributed by atoms with E-state index in [2.05, 4.69) is 51.2 Å². The van der Waals surface area contributed by atoms with E-state index in [0.717, 1.165) is 58.1 Å². The third-order valence-electron chi connectivity index (χ3n) is 5.61. The Balaban J connectivity index is 1.80. The third-order valence-corrected chi connectivity index (χ3v) is 5.61. The number of aromatic amines is 1. The van der Waals surface area contributed by atoms with E-state index < -0.39 is 0 Å². The molecule has 30 heavy (non-hydrogen) atoms. The van der Waals surface area contributed by atoms with Gasteiger partial charge in [0.25, 0.3) is 0 Å². The van der Waals surface area contributed by atoms with Crippen molar-refractivity contribution in [1.29, 1.82) is 0 Å². The maximum absolute atomic E-state index is 5.65. The van der Waals surface area contributed by atoms with Crippen LogP contribution in [0.5, 0.6) is 0 Å². The molecule has 154 valence electrons. The number of hydrogen-bond donors (Lipinski definition) is 1. The molecule has 1 unspecified atom stereocenters. The van der Waals surface area contributed by atoms with Crippen molar-refractivity contribution in [3.8, 4) is 22.6 Å². The standard InChI is InChI=1S/C22H25N7O/c1-4-29-19(11-14(2)27-29)17-12-20(28-9-10-30-13-15(28)3)25-21-16(17)5-7-23-22(21)18-6-8-24-26-18/h5-8,11-12,15H,4,9-10,13H2,1-3H3,(H,24,26). The van der Waals surface area contributed by atoms with Gasteiger partial charge in [0, 0.05) is 36.4 Å². The van der Waals surface area contributed by atoms with Crippen LogP contribution in [0, 0.1) is 6.92 Å². The second-order valence-electron chi connectivity index (χ2n) is 7.66. The van der Waals surface area contributed by atoms with Crippen LogP contribution in [0.3, 0.4) is 0 Å². The first-order valence-corrected chi connectivity index (χ1v) is 10.3. The molecule has 0 radical (unpaired) electrons. The fourth-order valence-electron chi connectivity index (χ4n) is 4.15. The molecule has 0 spiro atoms. The molecule has 1 aliphatic heterocycles. The van der Waals surface area contributed by atoms with E-state index in [-0.39, 0.29) is 6.04 Å². The van der Waals surface area contributed by atoms with Crippen LogP contribution in [-0.4, -0.2) is 55.7 Å². The summed E-state index contributed by atoms with van der Waals surface area (Å²) in [5, 5.41) is 12.9. The summed E-state index contributed by atoms with van der Waals surface area (Å²) in [7, 11) is 0. The second-order valence-corrected chi connectivity index (χ2v) is 7.66. The molecule has 4 aromatic heterocycles. The largest absolute Gasteiger partial charge is 0.377 e. The van der Waals surface area contributed by atoms with Crippen molar-refractivity contribution in [3.05, 3.63) is 42.4 Å². The number of hydrogen-bond acceptors (Lipinski definition) is 6. The van der Waals surface area contributed by atoms with Crippen molar-refractivity contribution < 1.29 is 4.74 Å². The number of morpholine rings is 1. The van der Waals surface area contributed by atoms with E-state index in [1.165, 1.54) is 0 Å². The SMILES string of the molecule is CCn1nc(C)cc1-c1cc(N2CCOCC2C)nc2c(-c3ccn[nH]3)nccc12. The van der Waals surface area contributed by atoms with Gasteiger partial charge in [0.15, 0.2) is 0 Å². The van der Waals surface area contributed by atoms with Gasteiger partial charge in [0.1, 0.15) is 17.0 Å². The normalized spacial score (nSPS) is 17.0. The summed E-state index contributed by atoms with van der Waals surface area (Å²) in [5.41, 5.74) is 5.71. The predicted octanol–water partition coefficient (Wildman–Crippen LogP) is 3.44. The fraction of sp³-hybridized carbons (Fsp3) is 0.364. The summed E-state index contributed by atoms with van der Waals surface area (Å²) in [6, 6.07) is 8.53. The topological polar surface area (TPSA) is 84.8 Å². The maximum Gasteiger partial charge on any atom is 0.130 e. The molecule has 1 atom stereocenters. The molecule has 5 rings (SSSR count). The highest BCUT2D eigenvalue weighted by molar-refractivity contribution is 6.01. The van der Waals surface area contributed by atoms with Crippen molar-refractivity contribution in [2.45, 2.75) is 33.4 Å². The van der Waals surface area contributed by atoms with E-state index >= 15 is 0 Å². The fourth-order valence-corrected chi connectivity index (χ4v) is 4.15. The van der Waals surface area contributed by atoms with E-state index in [4.69, 9.17) is 9.72 Å². The lowest BCUT2D eigenvalue weighted by Gasteiger charge is -2.34. The quantitative estimate of drug-likeness (QED) is 0.562.